The van der Waals surface area contributed by atoms with Gasteiger partial charge in [0.15, 0.2) is 0 Å². The molecule has 1 fully saturated rings. The van der Waals surface area contributed by atoms with Gasteiger partial charge in [0.25, 0.3) is 0 Å². The van der Waals surface area contributed by atoms with E-state index in [0.717, 1.165) is 35.6 Å². The summed E-state index contributed by atoms with van der Waals surface area (Å²) in [7, 11) is 2.05. The van der Waals surface area contributed by atoms with E-state index in [9.17, 15) is 0 Å². The van der Waals surface area contributed by atoms with Gasteiger partial charge in [0, 0.05) is 13.2 Å². The Morgan fingerprint density at radius 1 is 1.42 bits per heavy atom. The molecule has 0 saturated heterocycles. The van der Waals surface area contributed by atoms with Gasteiger partial charge < -0.3 is 10.3 Å². The van der Waals surface area contributed by atoms with Crippen LogP contribution in [0, 0.1) is 5.92 Å². The lowest BCUT2D eigenvalue weighted by molar-refractivity contribution is 0.219. The molecule has 0 radical (unpaired) electrons. The molecule has 2 aromatic rings. The number of pyridine rings is 1. The summed E-state index contributed by atoms with van der Waals surface area (Å²) >= 11 is 0. The number of hydrogen-bond acceptors (Lipinski definition) is 3. The minimum absolute atomic E-state index is 0.264. The summed E-state index contributed by atoms with van der Waals surface area (Å²) in [4.78, 5) is 8.94. The summed E-state index contributed by atoms with van der Waals surface area (Å²) < 4.78 is 2.12. The van der Waals surface area contributed by atoms with Crippen LogP contribution in [0.15, 0.2) is 18.5 Å². The third-order valence-corrected chi connectivity index (χ3v) is 4.70. The minimum Gasteiger partial charge on any atom is -0.328 e. The topological polar surface area (TPSA) is 56.7 Å². The van der Waals surface area contributed by atoms with Crippen LogP contribution in [0.25, 0.3) is 11.0 Å². The van der Waals surface area contributed by atoms with Crippen LogP contribution >= 0.6 is 0 Å². The van der Waals surface area contributed by atoms with Crippen LogP contribution in [0.1, 0.15) is 44.9 Å². The molecule has 0 spiro atoms. The molecule has 0 aromatic carbocycles. The predicted octanol–water partition coefficient (Wildman–Crippen LogP) is 2.72. The standard InChI is InChI=1S/C15H22N4/c1-3-11-4-7-15(16,8-5-11)14-18-12-6-9-17-10-13(12)19(14)2/h6,9-11H,3-5,7-8,16H2,1-2H3. The van der Waals surface area contributed by atoms with E-state index in [4.69, 9.17) is 10.7 Å². The van der Waals surface area contributed by atoms with Crippen molar-refractivity contribution in [1.82, 2.24) is 14.5 Å². The Bertz CT molecular complexity index is 579. The number of imidazole rings is 1. The van der Waals surface area contributed by atoms with E-state index in [-0.39, 0.29) is 5.54 Å². The molecule has 4 heteroatoms. The number of fused-ring (bicyclic) bond motifs is 1. The van der Waals surface area contributed by atoms with Gasteiger partial charge in [-0.2, -0.15) is 0 Å². The van der Waals surface area contributed by atoms with E-state index in [2.05, 4.69) is 16.5 Å². The Kier molecular flexibility index (Phi) is 3.05. The van der Waals surface area contributed by atoms with E-state index in [1.807, 2.05) is 19.3 Å². The van der Waals surface area contributed by atoms with Gasteiger partial charge in [-0.15, -0.1) is 0 Å². The largest absolute Gasteiger partial charge is 0.328 e. The van der Waals surface area contributed by atoms with Crippen LogP contribution in [0.4, 0.5) is 0 Å². The zero-order chi connectivity index (χ0) is 13.5. The molecule has 3 rings (SSSR count). The quantitative estimate of drug-likeness (QED) is 0.901. The molecule has 1 aliphatic carbocycles. The van der Waals surface area contributed by atoms with Crippen LogP contribution in [0.5, 0.6) is 0 Å². The molecule has 2 aromatic heterocycles. The Morgan fingerprint density at radius 3 is 2.79 bits per heavy atom. The Labute approximate surface area is 114 Å². The SMILES string of the molecule is CCC1CCC(N)(c2nc3ccncc3n2C)CC1. The second-order valence-electron chi connectivity index (χ2n) is 5.87. The molecule has 0 aliphatic heterocycles. The maximum absolute atomic E-state index is 6.66. The highest BCUT2D eigenvalue weighted by atomic mass is 15.1. The molecule has 2 N–H and O–H groups in total. The fourth-order valence-corrected chi connectivity index (χ4v) is 3.30. The molecule has 1 aliphatic rings. The average molecular weight is 258 g/mol. The zero-order valence-corrected chi connectivity index (χ0v) is 11.8. The molecular formula is C15H22N4. The molecule has 0 amide bonds. The van der Waals surface area contributed by atoms with Crippen molar-refractivity contribution in [3.63, 3.8) is 0 Å². The van der Waals surface area contributed by atoms with Crippen LogP contribution < -0.4 is 5.73 Å². The second-order valence-corrected chi connectivity index (χ2v) is 5.87. The lowest BCUT2D eigenvalue weighted by atomic mass is 9.75. The van der Waals surface area contributed by atoms with Gasteiger partial charge >= 0.3 is 0 Å². The van der Waals surface area contributed by atoms with Gasteiger partial charge in [-0.3, -0.25) is 4.98 Å². The molecule has 1 saturated carbocycles. The first kappa shape index (κ1) is 12.6. The second kappa shape index (κ2) is 4.60. The Balaban J connectivity index is 1.98. The first-order chi connectivity index (χ1) is 9.14. The fraction of sp³-hybridized carbons (Fsp3) is 0.600. The molecule has 0 bridgehead atoms. The first-order valence-electron chi connectivity index (χ1n) is 7.20. The number of nitrogens with two attached hydrogens (primary N) is 1. The van der Waals surface area contributed by atoms with Gasteiger partial charge in [0.2, 0.25) is 0 Å². The van der Waals surface area contributed by atoms with Gasteiger partial charge in [-0.25, -0.2) is 4.98 Å². The average Bonchev–Trinajstić information content (AvgIpc) is 2.78. The molecule has 2 heterocycles. The minimum atomic E-state index is -0.264. The summed E-state index contributed by atoms with van der Waals surface area (Å²) in [5.41, 5.74) is 8.46. The van der Waals surface area contributed by atoms with Crippen molar-refractivity contribution in [2.24, 2.45) is 18.7 Å². The van der Waals surface area contributed by atoms with Crippen molar-refractivity contribution in [3.05, 3.63) is 24.3 Å². The number of nitrogens with zero attached hydrogens (tertiary/aromatic N) is 3. The third kappa shape index (κ3) is 2.04. The highest BCUT2D eigenvalue weighted by Crippen LogP contribution is 2.38. The Morgan fingerprint density at radius 2 is 2.16 bits per heavy atom. The lowest BCUT2D eigenvalue weighted by Gasteiger charge is -2.36. The summed E-state index contributed by atoms with van der Waals surface area (Å²) in [5, 5.41) is 0. The van der Waals surface area contributed by atoms with Crippen LogP contribution in [-0.4, -0.2) is 14.5 Å². The highest BCUT2D eigenvalue weighted by molar-refractivity contribution is 5.74. The van der Waals surface area contributed by atoms with Crippen molar-refractivity contribution in [3.8, 4) is 0 Å². The van der Waals surface area contributed by atoms with Crippen molar-refractivity contribution in [1.29, 1.82) is 0 Å². The summed E-state index contributed by atoms with van der Waals surface area (Å²) in [5.74, 6) is 1.86. The number of aromatic nitrogens is 3. The number of hydrogen-bond donors (Lipinski definition) is 1. The number of rotatable bonds is 2. The van der Waals surface area contributed by atoms with Gasteiger partial charge in [-0.1, -0.05) is 13.3 Å². The summed E-state index contributed by atoms with van der Waals surface area (Å²) in [6, 6.07) is 1.96. The van der Waals surface area contributed by atoms with Crippen LogP contribution in [0.3, 0.4) is 0 Å². The monoisotopic (exact) mass is 258 g/mol. The van der Waals surface area contributed by atoms with Gasteiger partial charge in [0.05, 0.1) is 22.8 Å². The smallest absolute Gasteiger partial charge is 0.129 e. The highest BCUT2D eigenvalue weighted by Gasteiger charge is 2.36. The van der Waals surface area contributed by atoms with Crippen LogP contribution in [0.2, 0.25) is 0 Å². The van der Waals surface area contributed by atoms with Gasteiger partial charge in [0.1, 0.15) is 5.82 Å². The van der Waals surface area contributed by atoms with Gasteiger partial charge in [-0.05, 0) is 37.7 Å². The number of aryl methyl sites for hydroxylation is 1. The molecule has 0 unspecified atom stereocenters. The van der Waals surface area contributed by atoms with E-state index in [0.29, 0.717) is 0 Å². The maximum Gasteiger partial charge on any atom is 0.129 e. The Hall–Kier alpha value is -1.42. The molecular weight excluding hydrogens is 236 g/mol. The molecule has 0 atom stereocenters. The first-order valence-corrected chi connectivity index (χ1v) is 7.20. The summed E-state index contributed by atoms with van der Waals surface area (Å²) in [6.07, 6.45) is 9.43. The fourth-order valence-electron chi connectivity index (χ4n) is 3.30. The zero-order valence-electron chi connectivity index (χ0n) is 11.8. The van der Waals surface area contributed by atoms with Crippen molar-refractivity contribution < 1.29 is 0 Å². The van der Waals surface area contributed by atoms with E-state index in [1.165, 1.54) is 19.3 Å². The van der Waals surface area contributed by atoms with E-state index >= 15 is 0 Å². The third-order valence-electron chi connectivity index (χ3n) is 4.70. The predicted molar refractivity (Wildman–Crippen MR) is 76.6 cm³/mol. The van der Waals surface area contributed by atoms with Crippen molar-refractivity contribution in [2.75, 3.05) is 0 Å². The normalized spacial score (nSPS) is 27.8. The molecule has 4 nitrogen and oxygen atoms in total. The summed E-state index contributed by atoms with van der Waals surface area (Å²) in [6.45, 7) is 2.27. The van der Waals surface area contributed by atoms with Crippen molar-refractivity contribution >= 4 is 11.0 Å². The van der Waals surface area contributed by atoms with Crippen molar-refractivity contribution in [2.45, 2.75) is 44.6 Å². The van der Waals surface area contributed by atoms with E-state index in [1.54, 1.807) is 6.20 Å². The van der Waals surface area contributed by atoms with Crippen LogP contribution in [-0.2, 0) is 12.6 Å². The van der Waals surface area contributed by atoms with E-state index < -0.39 is 0 Å². The molecule has 19 heavy (non-hydrogen) atoms. The lowest BCUT2D eigenvalue weighted by Crippen LogP contribution is -2.42. The molecule has 102 valence electrons. The maximum atomic E-state index is 6.66.